The monoisotopic (exact) mass is 908 g/mol. The average Bonchev–Trinajstić information content (AvgIpc) is 3.86. The van der Waals surface area contributed by atoms with E-state index in [1.165, 1.54) is 24.3 Å². The molecular formula is C48H48BF3N4O10. The number of methoxy groups -OCH3 is 1. The molecule has 0 radical (unpaired) electrons. The topological polar surface area (TPSA) is 183 Å². The Balaban J connectivity index is 0.914. The number of aryl methyl sites for hydroxylation is 2. The molecule has 0 bridgehead atoms. The third kappa shape index (κ3) is 8.92. The van der Waals surface area contributed by atoms with Gasteiger partial charge in [0.15, 0.2) is 11.8 Å². The molecule has 5 heterocycles. The summed E-state index contributed by atoms with van der Waals surface area (Å²) in [6.07, 6.45) is -3.73. The maximum absolute atomic E-state index is 15.8. The molecule has 4 aliphatic heterocycles. The van der Waals surface area contributed by atoms with Crippen LogP contribution in [0.15, 0.2) is 96.7 Å². The molecule has 18 heteroatoms. The van der Waals surface area contributed by atoms with Crippen LogP contribution in [0.2, 0.25) is 0 Å². The summed E-state index contributed by atoms with van der Waals surface area (Å²) in [4.78, 5) is 40.4. The standard InChI is InChI=1S/C48H48BF3N4O10/c1-27-25-28(2)55-38(27)26-35-17-16-34(56(35)49(55,51)52)18-23-40(58)53-24-4-5-29-6-14-33(15-7-29)54-41(37(46(54)62)21-22-39(57)30-8-12-32(50)13-9-30)31-10-19-36(20-11-31)65-48-44(61)42(59)43(60)45(66-48)47(63)64-3/h6-17,19-20,25-26,37,39,41-45,48,57,59-61H,18,21-24H2,1-3H3,(H,53,58)/t37-,39+,41?,42+,43+,44-,45+,48-/m1/s1. The van der Waals surface area contributed by atoms with Gasteiger partial charge in [-0.3, -0.25) is 9.59 Å². The maximum atomic E-state index is 15.8. The molecule has 0 spiro atoms. The van der Waals surface area contributed by atoms with Gasteiger partial charge in [0, 0.05) is 48.0 Å². The highest BCUT2D eigenvalue weighted by molar-refractivity contribution is 6.58. The smallest absolute Gasteiger partial charge is 0.467 e. The summed E-state index contributed by atoms with van der Waals surface area (Å²) in [6.45, 7) is -0.649. The molecule has 14 nitrogen and oxygen atoms in total. The second kappa shape index (κ2) is 18.8. The van der Waals surface area contributed by atoms with Crippen molar-refractivity contribution in [2.24, 2.45) is 5.92 Å². The van der Waals surface area contributed by atoms with Gasteiger partial charge in [-0.25, -0.2) is 9.18 Å². The number of fused-ring (bicyclic) bond motifs is 2. The highest BCUT2D eigenvalue weighted by Crippen LogP contribution is 2.47. The van der Waals surface area contributed by atoms with Crippen LogP contribution in [0.25, 0.3) is 6.08 Å². The molecule has 1 aromatic heterocycles. The first-order chi connectivity index (χ1) is 31.6. The number of β-lactam (4-membered cyclic amide) rings is 1. The van der Waals surface area contributed by atoms with Crippen molar-refractivity contribution in [3.63, 3.8) is 0 Å². The van der Waals surface area contributed by atoms with Gasteiger partial charge in [0.05, 0.1) is 31.7 Å². The van der Waals surface area contributed by atoms with E-state index in [-0.39, 0.29) is 49.8 Å². The molecule has 2 fully saturated rings. The fourth-order valence-electron chi connectivity index (χ4n) is 9.04. The molecule has 1 unspecified atom stereocenters. The molecule has 0 saturated carbocycles. The molecule has 0 aliphatic carbocycles. The fraction of sp³-hybridized carbons (Fsp3) is 0.333. The largest absolute Gasteiger partial charge is 0.737 e. The number of benzene rings is 3. The minimum atomic E-state index is -4.12. The third-order valence-electron chi connectivity index (χ3n) is 12.5. The van der Waals surface area contributed by atoms with E-state index in [2.05, 4.69) is 21.9 Å². The van der Waals surface area contributed by atoms with Gasteiger partial charge in [-0.05, 0) is 104 Å². The summed E-state index contributed by atoms with van der Waals surface area (Å²) >= 11 is 0. The van der Waals surface area contributed by atoms with Gasteiger partial charge in [0.1, 0.15) is 35.6 Å². The van der Waals surface area contributed by atoms with Crippen LogP contribution in [-0.2, 0) is 23.9 Å². The first-order valence-corrected chi connectivity index (χ1v) is 21.5. The number of anilines is 1. The first kappa shape index (κ1) is 46.1. The number of nitrogens with one attached hydrogen (secondary N) is 1. The second-order valence-corrected chi connectivity index (χ2v) is 16.7. The summed E-state index contributed by atoms with van der Waals surface area (Å²) in [5.74, 6) is 3.58. The van der Waals surface area contributed by atoms with Crippen molar-refractivity contribution in [1.82, 2.24) is 9.79 Å². The van der Waals surface area contributed by atoms with Gasteiger partial charge >= 0.3 is 12.9 Å². The summed E-state index contributed by atoms with van der Waals surface area (Å²) < 4.78 is 63.0. The lowest BCUT2D eigenvalue weighted by Crippen LogP contribution is -2.61. The highest BCUT2D eigenvalue weighted by Gasteiger charge is 2.53. The Kier molecular flexibility index (Phi) is 13.1. The van der Waals surface area contributed by atoms with Gasteiger partial charge in [-0.15, -0.1) is 0 Å². The number of hydrogen-bond acceptors (Lipinski definition) is 10. The van der Waals surface area contributed by atoms with Crippen molar-refractivity contribution in [3.05, 3.63) is 136 Å². The number of esters is 1. The Hall–Kier alpha value is -6.49. The second-order valence-electron chi connectivity index (χ2n) is 16.7. The first-order valence-electron chi connectivity index (χ1n) is 21.5. The Labute approximate surface area is 378 Å². The number of allylic oxidation sites excluding steroid dienone is 2. The van der Waals surface area contributed by atoms with Gasteiger partial charge < -0.3 is 62.4 Å². The lowest BCUT2D eigenvalue weighted by atomic mass is 9.78. The number of halogens is 3. The Morgan fingerprint density at radius 3 is 2.38 bits per heavy atom. The molecule has 2 amide bonds. The number of aromatic nitrogens is 1. The Morgan fingerprint density at radius 2 is 1.68 bits per heavy atom. The number of ether oxygens (including phenoxy) is 3. The van der Waals surface area contributed by atoms with E-state index in [4.69, 9.17) is 9.47 Å². The zero-order valence-electron chi connectivity index (χ0n) is 36.2. The molecule has 344 valence electrons. The quantitative estimate of drug-likeness (QED) is 0.0560. The van der Waals surface area contributed by atoms with Crippen molar-refractivity contribution >= 4 is 42.2 Å². The Morgan fingerprint density at radius 1 is 0.970 bits per heavy atom. The summed E-state index contributed by atoms with van der Waals surface area (Å²) in [6, 6.07) is 20.2. The van der Waals surface area contributed by atoms with Crippen molar-refractivity contribution in [1.29, 1.82) is 0 Å². The number of nitrogens with zero attached hydrogens (tertiary/aromatic N) is 3. The highest BCUT2D eigenvalue weighted by atomic mass is 19.2. The van der Waals surface area contributed by atoms with E-state index in [9.17, 15) is 39.2 Å². The van der Waals surface area contributed by atoms with E-state index >= 15 is 8.63 Å². The zero-order valence-corrected chi connectivity index (χ0v) is 36.2. The van der Waals surface area contributed by atoms with Crippen LogP contribution < -0.4 is 15.0 Å². The normalized spacial score (nSPS) is 24.3. The van der Waals surface area contributed by atoms with Crippen molar-refractivity contribution in [2.45, 2.75) is 82.4 Å². The van der Waals surface area contributed by atoms with Crippen molar-refractivity contribution in [2.75, 3.05) is 18.6 Å². The third-order valence-corrected chi connectivity index (χ3v) is 12.5. The number of aliphatic hydroxyl groups excluding tert-OH is 4. The fourth-order valence-corrected chi connectivity index (χ4v) is 9.04. The van der Waals surface area contributed by atoms with Crippen LogP contribution in [0.1, 0.15) is 71.5 Å². The van der Waals surface area contributed by atoms with Gasteiger partial charge in [0.2, 0.25) is 18.1 Å². The van der Waals surface area contributed by atoms with E-state index < -0.39 is 67.5 Å². The molecule has 8 atom stereocenters. The van der Waals surface area contributed by atoms with Crippen molar-refractivity contribution < 1.29 is 66.5 Å². The van der Waals surface area contributed by atoms with Crippen LogP contribution in [0.5, 0.6) is 5.75 Å². The molecule has 2 saturated heterocycles. The molecule has 4 aromatic rings. The molecule has 5 N–H and O–H groups in total. The van der Waals surface area contributed by atoms with Crippen LogP contribution >= 0.6 is 0 Å². The van der Waals surface area contributed by atoms with E-state index in [1.807, 2.05) is 0 Å². The number of rotatable bonds is 13. The number of amides is 2. The van der Waals surface area contributed by atoms with Crippen LogP contribution in [0.3, 0.4) is 0 Å². The average molecular weight is 909 g/mol. The van der Waals surface area contributed by atoms with Gasteiger partial charge in [0.25, 0.3) is 0 Å². The zero-order chi connectivity index (χ0) is 47.0. The summed E-state index contributed by atoms with van der Waals surface area (Å²) in [7, 11) is 1.08. The predicted octanol–water partition coefficient (Wildman–Crippen LogP) is 4.37. The van der Waals surface area contributed by atoms with Crippen LogP contribution in [-0.4, -0.2) is 104 Å². The predicted molar refractivity (Wildman–Crippen MR) is 235 cm³/mol. The van der Waals surface area contributed by atoms with Crippen molar-refractivity contribution in [3.8, 4) is 17.6 Å². The molecule has 66 heavy (non-hydrogen) atoms. The molecular weight excluding hydrogens is 860 g/mol. The van der Waals surface area contributed by atoms with Crippen LogP contribution in [0, 0.1) is 37.4 Å². The minimum absolute atomic E-state index is 0.0137. The summed E-state index contributed by atoms with van der Waals surface area (Å²) in [5.41, 5.74) is 4.85. The van der Waals surface area contributed by atoms with Gasteiger partial charge in [-0.2, -0.15) is 0 Å². The number of carbonyl (C=O) groups excluding carboxylic acids is 3. The van der Waals surface area contributed by atoms with E-state index in [1.54, 1.807) is 91.6 Å². The lowest BCUT2D eigenvalue weighted by molar-refractivity contribution is -0.362. The summed E-state index contributed by atoms with van der Waals surface area (Å²) in [5, 5.41) is 44.8. The number of carbonyl (C=O) groups is 3. The minimum Gasteiger partial charge on any atom is -0.467 e. The van der Waals surface area contributed by atoms with E-state index in [0.29, 0.717) is 45.2 Å². The SMILES string of the molecule is COC(=O)[C@H]1O[C@@H](Oc2ccc(C3[C@@H](CC[C@H](O)c4ccc(F)cc4)C(=O)N3c3ccc(C#CCNC(=O)CCC4=[N+]5C(=Cc6c(C)cc(C)n6[B-]5(F)F)C=C4)cc3)cc2)[C@H](O)[C@@H](O)[C@@H]1O. The lowest BCUT2D eigenvalue weighted by Gasteiger charge is -2.48. The van der Waals surface area contributed by atoms with E-state index in [0.717, 1.165) is 21.6 Å². The number of hydrogen-bond donors (Lipinski definition) is 5. The van der Waals surface area contributed by atoms with Crippen LogP contribution in [0.4, 0.5) is 18.7 Å². The maximum Gasteiger partial charge on any atom is 0.737 e. The molecule has 4 aliphatic rings. The Bertz CT molecular complexity index is 2680. The van der Waals surface area contributed by atoms with Gasteiger partial charge in [-0.1, -0.05) is 36.1 Å². The number of aliphatic hydroxyl groups is 4. The molecule has 8 rings (SSSR count). The molecule has 3 aromatic carbocycles.